The molecule has 2 aliphatic rings. The molecule has 0 fully saturated rings. The van der Waals surface area contributed by atoms with E-state index in [1.54, 1.807) is 30.3 Å². The van der Waals surface area contributed by atoms with E-state index in [4.69, 9.17) is 18.9 Å². The fourth-order valence-electron chi connectivity index (χ4n) is 3.19. The third-order valence-corrected chi connectivity index (χ3v) is 5.55. The molecule has 2 aromatic carbocycles. The lowest BCUT2D eigenvalue weighted by atomic mass is 10.1. The van der Waals surface area contributed by atoms with Gasteiger partial charge in [0.05, 0.1) is 16.8 Å². The molecule has 9 heteroatoms. The number of nitrogens with zero attached hydrogens (tertiary/aromatic N) is 2. The number of rotatable bonds is 4. The Bertz CT molecular complexity index is 1210. The molecule has 1 aromatic heterocycles. The van der Waals surface area contributed by atoms with Crippen LogP contribution in [-0.2, 0) is 4.79 Å². The summed E-state index contributed by atoms with van der Waals surface area (Å²) in [5, 5.41) is 13.6. The average Bonchev–Trinajstić information content (AvgIpc) is 3.23. The Labute approximate surface area is 175 Å². The van der Waals surface area contributed by atoms with Crippen LogP contribution in [-0.4, -0.2) is 36.7 Å². The number of hydrogen-bond acceptors (Lipinski definition) is 8. The Morgan fingerprint density at radius 2 is 1.80 bits per heavy atom. The molecule has 150 valence electrons. The van der Waals surface area contributed by atoms with Crippen LogP contribution in [0.3, 0.4) is 0 Å². The Morgan fingerprint density at radius 3 is 2.63 bits per heavy atom. The molecular formula is C21H15N3O5S. The second-order valence-electron chi connectivity index (χ2n) is 6.55. The standard InChI is InChI=1S/C21H15N3O5S/c22-9-13-5-12-6-17-19(27-4-3-26-17)8-15(12)24-21(13)30-10-20(25)23-14-1-2-16-18(7-14)29-11-28-16/h1-2,5-8H,3-4,10-11H2,(H,23,25). The molecule has 1 N–H and O–H groups in total. The molecular weight excluding hydrogens is 406 g/mol. The summed E-state index contributed by atoms with van der Waals surface area (Å²) in [6.07, 6.45) is 0. The number of nitrogens with one attached hydrogen (secondary N) is 1. The molecule has 0 saturated carbocycles. The van der Waals surface area contributed by atoms with Gasteiger partial charge >= 0.3 is 0 Å². The Balaban J connectivity index is 1.33. The van der Waals surface area contributed by atoms with Crippen LogP contribution >= 0.6 is 11.8 Å². The number of carbonyl (C=O) groups is 1. The van der Waals surface area contributed by atoms with Crippen LogP contribution in [0.1, 0.15) is 5.56 Å². The first kappa shape index (κ1) is 18.4. The number of fused-ring (bicyclic) bond motifs is 3. The van der Waals surface area contributed by atoms with E-state index in [-0.39, 0.29) is 18.5 Å². The molecule has 0 spiro atoms. The minimum absolute atomic E-state index is 0.103. The summed E-state index contributed by atoms with van der Waals surface area (Å²) in [6, 6.07) is 12.7. The van der Waals surface area contributed by atoms with Crippen LogP contribution in [0.15, 0.2) is 41.4 Å². The van der Waals surface area contributed by atoms with E-state index in [1.807, 2.05) is 6.07 Å². The lowest BCUT2D eigenvalue weighted by molar-refractivity contribution is -0.113. The van der Waals surface area contributed by atoms with Gasteiger partial charge in [-0.1, -0.05) is 11.8 Å². The topological polar surface area (TPSA) is 103 Å². The van der Waals surface area contributed by atoms with Gasteiger partial charge in [-0.25, -0.2) is 4.98 Å². The zero-order valence-corrected chi connectivity index (χ0v) is 16.5. The van der Waals surface area contributed by atoms with Crippen molar-refractivity contribution in [3.05, 3.63) is 42.0 Å². The third kappa shape index (κ3) is 3.53. The second-order valence-corrected chi connectivity index (χ2v) is 7.51. The van der Waals surface area contributed by atoms with Crippen molar-refractivity contribution in [2.75, 3.05) is 31.1 Å². The highest BCUT2D eigenvalue weighted by atomic mass is 32.2. The number of amides is 1. The van der Waals surface area contributed by atoms with Crippen molar-refractivity contribution in [3.63, 3.8) is 0 Å². The predicted octanol–water partition coefficient (Wildman–Crippen LogP) is 3.34. The van der Waals surface area contributed by atoms with Crippen LogP contribution < -0.4 is 24.3 Å². The number of anilines is 1. The van der Waals surface area contributed by atoms with Crippen molar-refractivity contribution < 1.29 is 23.7 Å². The summed E-state index contributed by atoms with van der Waals surface area (Å²) in [6.45, 7) is 1.15. The lowest BCUT2D eigenvalue weighted by Crippen LogP contribution is -2.15. The fourth-order valence-corrected chi connectivity index (χ4v) is 3.95. The molecule has 0 atom stereocenters. The zero-order valence-electron chi connectivity index (χ0n) is 15.6. The van der Waals surface area contributed by atoms with Crippen LogP contribution in [0.25, 0.3) is 10.9 Å². The molecule has 5 rings (SSSR count). The molecule has 0 aliphatic carbocycles. The Kier molecular flexibility index (Phi) is 4.69. The lowest BCUT2D eigenvalue weighted by Gasteiger charge is -2.18. The van der Waals surface area contributed by atoms with Crippen LogP contribution in [0, 0.1) is 11.3 Å². The molecule has 8 nitrogen and oxygen atoms in total. The van der Waals surface area contributed by atoms with Gasteiger partial charge in [0.15, 0.2) is 23.0 Å². The quantitative estimate of drug-likeness (QED) is 0.640. The molecule has 0 saturated heterocycles. The van der Waals surface area contributed by atoms with Gasteiger partial charge < -0.3 is 24.3 Å². The molecule has 30 heavy (non-hydrogen) atoms. The largest absolute Gasteiger partial charge is 0.486 e. The number of benzene rings is 2. The van der Waals surface area contributed by atoms with E-state index in [1.165, 1.54) is 11.8 Å². The fraction of sp³-hybridized carbons (Fsp3) is 0.190. The minimum atomic E-state index is -0.216. The zero-order chi connectivity index (χ0) is 20.5. The average molecular weight is 421 g/mol. The van der Waals surface area contributed by atoms with Gasteiger partial charge in [0, 0.05) is 23.2 Å². The van der Waals surface area contributed by atoms with Crippen molar-refractivity contribution in [1.82, 2.24) is 4.98 Å². The summed E-state index contributed by atoms with van der Waals surface area (Å²) in [7, 11) is 0. The van der Waals surface area contributed by atoms with Crippen LogP contribution in [0.4, 0.5) is 5.69 Å². The summed E-state index contributed by atoms with van der Waals surface area (Å²) >= 11 is 1.20. The molecule has 2 aliphatic heterocycles. The second kappa shape index (κ2) is 7.65. The summed E-state index contributed by atoms with van der Waals surface area (Å²) in [5.41, 5.74) is 1.69. The van der Waals surface area contributed by atoms with Gasteiger partial charge in [-0.15, -0.1) is 0 Å². The predicted molar refractivity (Wildman–Crippen MR) is 109 cm³/mol. The van der Waals surface area contributed by atoms with Crippen LogP contribution in [0.2, 0.25) is 0 Å². The normalized spacial score (nSPS) is 13.7. The van der Waals surface area contributed by atoms with Gasteiger partial charge in [0.2, 0.25) is 12.7 Å². The van der Waals surface area contributed by atoms with E-state index in [9.17, 15) is 10.1 Å². The monoisotopic (exact) mass is 421 g/mol. The SMILES string of the molecule is N#Cc1cc2cc3c(cc2nc1SCC(=O)Nc1ccc2c(c1)OCO2)OCCO3. The summed E-state index contributed by atoms with van der Waals surface area (Å²) < 4.78 is 21.8. The molecule has 0 radical (unpaired) electrons. The van der Waals surface area contributed by atoms with Gasteiger partial charge in [0.1, 0.15) is 24.3 Å². The van der Waals surface area contributed by atoms with Crippen molar-refractivity contribution in [2.24, 2.45) is 0 Å². The number of nitriles is 1. The van der Waals surface area contributed by atoms with Crippen LogP contribution in [0.5, 0.6) is 23.0 Å². The van der Waals surface area contributed by atoms with Crippen molar-refractivity contribution in [1.29, 1.82) is 5.26 Å². The van der Waals surface area contributed by atoms with Crippen molar-refractivity contribution >= 4 is 34.3 Å². The molecule has 3 heterocycles. The van der Waals surface area contributed by atoms with E-state index >= 15 is 0 Å². The maximum absolute atomic E-state index is 12.4. The molecule has 0 unspecified atom stereocenters. The highest BCUT2D eigenvalue weighted by Gasteiger charge is 2.17. The Hall–Kier alpha value is -3.64. The first-order valence-electron chi connectivity index (χ1n) is 9.16. The molecule has 1 amide bonds. The third-order valence-electron chi connectivity index (χ3n) is 4.56. The van der Waals surface area contributed by atoms with Gasteiger partial charge in [-0.2, -0.15) is 5.26 Å². The number of carbonyl (C=O) groups excluding carboxylic acids is 1. The highest BCUT2D eigenvalue weighted by Crippen LogP contribution is 2.36. The van der Waals surface area contributed by atoms with E-state index in [0.29, 0.717) is 58.0 Å². The number of pyridine rings is 1. The maximum atomic E-state index is 12.4. The minimum Gasteiger partial charge on any atom is -0.486 e. The number of hydrogen-bond donors (Lipinski definition) is 1. The van der Waals surface area contributed by atoms with Gasteiger partial charge in [-0.05, 0) is 24.3 Å². The highest BCUT2D eigenvalue weighted by molar-refractivity contribution is 8.00. The number of ether oxygens (including phenoxy) is 4. The maximum Gasteiger partial charge on any atom is 0.234 e. The molecule has 3 aromatic rings. The summed E-state index contributed by atoms with van der Waals surface area (Å²) in [4.78, 5) is 17.0. The van der Waals surface area contributed by atoms with E-state index < -0.39 is 0 Å². The number of thioether (sulfide) groups is 1. The molecule has 0 bridgehead atoms. The summed E-state index contributed by atoms with van der Waals surface area (Å²) in [5.74, 6) is 2.40. The van der Waals surface area contributed by atoms with Crippen molar-refractivity contribution in [3.8, 4) is 29.1 Å². The van der Waals surface area contributed by atoms with E-state index in [2.05, 4.69) is 16.4 Å². The first-order chi connectivity index (χ1) is 14.7. The van der Waals surface area contributed by atoms with E-state index in [0.717, 1.165) is 5.39 Å². The Morgan fingerprint density at radius 1 is 1.03 bits per heavy atom. The number of aromatic nitrogens is 1. The van der Waals surface area contributed by atoms with Gasteiger partial charge in [-0.3, -0.25) is 4.79 Å². The first-order valence-corrected chi connectivity index (χ1v) is 10.1. The smallest absolute Gasteiger partial charge is 0.234 e. The van der Waals surface area contributed by atoms with Gasteiger partial charge in [0.25, 0.3) is 0 Å². The van der Waals surface area contributed by atoms with Crippen molar-refractivity contribution in [2.45, 2.75) is 5.03 Å².